The van der Waals surface area contributed by atoms with Crippen molar-refractivity contribution in [1.82, 2.24) is 30.1 Å². The van der Waals surface area contributed by atoms with Crippen LogP contribution in [0.3, 0.4) is 0 Å². The highest BCUT2D eigenvalue weighted by Gasteiger charge is 2.16. The van der Waals surface area contributed by atoms with Crippen molar-refractivity contribution in [3.63, 3.8) is 0 Å². The zero-order valence-corrected chi connectivity index (χ0v) is 20.5. The van der Waals surface area contributed by atoms with Gasteiger partial charge in [0.25, 0.3) is 0 Å². The number of phenolic OH excluding ortho intramolecular Hbond substituents is 1. The van der Waals surface area contributed by atoms with Crippen molar-refractivity contribution in [2.45, 2.75) is 13.8 Å². The van der Waals surface area contributed by atoms with E-state index in [9.17, 15) is 14.3 Å². The number of H-pyrrole nitrogens is 2. The van der Waals surface area contributed by atoms with Gasteiger partial charge in [-0.15, -0.1) is 0 Å². The number of aromatic nitrogens is 6. The average molecular weight is 508 g/mol. The van der Waals surface area contributed by atoms with Crippen molar-refractivity contribution in [3.8, 4) is 39.4 Å². The van der Waals surface area contributed by atoms with Crippen LogP contribution in [0.4, 0.5) is 10.1 Å². The highest BCUT2D eigenvalue weighted by atomic mass is 19.1. The molecule has 0 saturated carbocycles. The monoisotopic (exact) mass is 507 g/mol. The Bertz CT molecular complexity index is 1820. The van der Waals surface area contributed by atoms with E-state index in [1.165, 1.54) is 12.1 Å². The van der Waals surface area contributed by atoms with Gasteiger partial charge in [0, 0.05) is 52.5 Å². The van der Waals surface area contributed by atoms with Gasteiger partial charge in [0.15, 0.2) is 5.65 Å². The Morgan fingerprint density at radius 2 is 1.82 bits per heavy atom. The Hall–Kier alpha value is -5.12. The van der Waals surface area contributed by atoms with Crippen LogP contribution in [0.1, 0.15) is 13.8 Å². The smallest absolute Gasteiger partial charge is 0.226 e. The third-order valence-corrected chi connectivity index (χ3v) is 6.27. The second-order valence-electron chi connectivity index (χ2n) is 9.30. The summed E-state index contributed by atoms with van der Waals surface area (Å²) in [7, 11) is 0. The predicted molar refractivity (Wildman–Crippen MR) is 143 cm³/mol. The summed E-state index contributed by atoms with van der Waals surface area (Å²) in [5.41, 5.74) is 6.02. The van der Waals surface area contributed by atoms with Crippen molar-refractivity contribution in [3.05, 3.63) is 73.1 Å². The van der Waals surface area contributed by atoms with Crippen LogP contribution in [0.5, 0.6) is 5.75 Å². The van der Waals surface area contributed by atoms with E-state index in [1.54, 1.807) is 30.9 Å². The molecule has 5 aromatic heterocycles. The van der Waals surface area contributed by atoms with Crippen molar-refractivity contribution < 1.29 is 14.3 Å². The Morgan fingerprint density at radius 1 is 0.974 bits per heavy atom. The molecule has 0 atom stereocenters. The fourth-order valence-electron chi connectivity index (χ4n) is 4.36. The molecular formula is C28H22FN7O2. The van der Waals surface area contributed by atoms with Gasteiger partial charge in [-0.1, -0.05) is 13.8 Å². The quantitative estimate of drug-likeness (QED) is 0.238. The van der Waals surface area contributed by atoms with E-state index in [0.717, 1.165) is 39.2 Å². The van der Waals surface area contributed by atoms with Crippen molar-refractivity contribution in [2.75, 3.05) is 5.32 Å². The highest BCUT2D eigenvalue weighted by molar-refractivity contribution is 6.00. The maximum atomic E-state index is 14.0. The molecule has 38 heavy (non-hydrogen) atoms. The number of phenols is 1. The number of nitrogens with one attached hydrogen (secondary N) is 3. The van der Waals surface area contributed by atoms with Crippen LogP contribution in [-0.2, 0) is 4.79 Å². The SMILES string of the molecule is CC(C)C(=O)Nc1cncc(-c2cnc3n[nH]c(-c4cc5c(-c6cc(O)cc(F)c6)ccnc5[nH]4)c3c2)c1. The third kappa shape index (κ3) is 4.21. The number of fused-ring (bicyclic) bond motifs is 2. The topological polar surface area (TPSA) is 132 Å². The lowest BCUT2D eigenvalue weighted by atomic mass is 10.0. The molecule has 6 aromatic rings. The van der Waals surface area contributed by atoms with Crippen LogP contribution in [-0.4, -0.2) is 41.1 Å². The van der Waals surface area contributed by atoms with Gasteiger partial charge < -0.3 is 15.4 Å². The first kappa shape index (κ1) is 23.3. The molecule has 0 spiro atoms. The van der Waals surface area contributed by atoms with Gasteiger partial charge in [-0.2, -0.15) is 5.10 Å². The minimum atomic E-state index is -0.527. The molecule has 188 valence electrons. The summed E-state index contributed by atoms with van der Waals surface area (Å²) < 4.78 is 14.0. The first-order chi connectivity index (χ1) is 18.4. The van der Waals surface area contributed by atoms with Crippen molar-refractivity contribution in [2.24, 2.45) is 5.92 Å². The van der Waals surface area contributed by atoms with E-state index in [0.29, 0.717) is 28.2 Å². The number of halogens is 1. The standard InChI is InChI=1S/C28H22FN7O2/c1-14(2)28(38)33-19-6-16(11-30-13-19)17-8-23-25(35-36-27(23)32-12-17)24-10-22-21(3-4-31-26(22)34-24)15-5-18(29)9-20(37)7-15/h3-14,37H,1-2H3,(H,31,34)(H,33,38)(H,32,35,36). The Labute approximate surface area is 215 Å². The summed E-state index contributed by atoms with van der Waals surface area (Å²) in [5, 5.41) is 21.7. The lowest BCUT2D eigenvalue weighted by Gasteiger charge is -2.09. The normalized spacial score (nSPS) is 11.5. The summed E-state index contributed by atoms with van der Waals surface area (Å²) >= 11 is 0. The van der Waals surface area contributed by atoms with E-state index in [2.05, 4.69) is 35.5 Å². The number of benzene rings is 1. The number of aromatic hydroxyl groups is 1. The highest BCUT2D eigenvalue weighted by Crippen LogP contribution is 2.35. The molecule has 1 amide bonds. The van der Waals surface area contributed by atoms with Crippen molar-refractivity contribution >= 4 is 33.7 Å². The summed E-state index contributed by atoms with van der Waals surface area (Å²) in [5.74, 6) is -0.916. The van der Waals surface area contributed by atoms with Gasteiger partial charge >= 0.3 is 0 Å². The molecule has 0 aliphatic carbocycles. The number of hydrogen-bond donors (Lipinski definition) is 4. The molecule has 0 aliphatic rings. The molecule has 6 rings (SSSR count). The van der Waals surface area contributed by atoms with Gasteiger partial charge in [0.2, 0.25) is 5.91 Å². The Kier molecular flexibility index (Phi) is 5.56. The van der Waals surface area contributed by atoms with Crippen LogP contribution in [0.15, 0.2) is 67.3 Å². The lowest BCUT2D eigenvalue weighted by molar-refractivity contribution is -0.118. The first-order valence-corrected chi connectivity index (χ1v) is 11.9. The molecule has 0 unspecified atom stereocenters. The van der Waals surface area contributed by atoms with E-state index in [1.807, 2.05) is 32.0 Å². The number of rotatable bonds is 5. The van der Waals surface area contributed by atoms with E-state index >= 15 is 0 Å². The molecule has 5 heterocycles. The van der Waals surface area contributed by atoms with Gasteiger partial charge in [0.1, 0.15) is 17.2 Å². The van der Waals surface area contributed by atoms with Gasteiger partial charge in [-0.3, -0.25) is 14.9 Å². The molecular weight excluding hydrogens is 485 g/mol. The number of nitrogens with zero attached hydrogens (tertiary/aromatic N) is 4. The van der Waals surface area contributed by atoms with E-state index in [-0.39, 0.29) is 17.6 Å². The predicted octanol–water partition coefficient (Wildman–Crippen LogP) is 5.67. The Morgan fingerprint density at radius 3 is 2.63 bits per heavy atom. The van der Waals surface area contributed by atoms with Gasteiger partial charge in [0.05, 0.1) is 23.3 Å². The second kappa shape index (κ2) is 9.07. The molecule has 0 radical (unpaired) electrons. The number of carbonyl (C=O) groups excluding carboxylic acids is 1. The first-order valence-electron chi connectivity index (χ1n) is 11.9. The number of amides is 1. The number of carbonyl (C=O) groups is 1. The number of aromatic amines is 2. The van der Waals surface area contributed by atoms with Crippen LogP contribution < -0.4 is 5.32 Å². The lowest BCUT2D eigenvalue weighted by Crippen LogP contribution is -2.17. The summed E-state index contributed by atoms with van der Waals surface area (Å²) in [4.78, 5) is 28.6. The summed E-state index contributed by atoms with van der Waals surface area (Å²) in [6, 6.07) is 11.4. The number of anilines is 1. The molecule has 0 fully saturated rings. The molecule has 0 aliphatic heterocycles. The average Bonchev–Trinajstić information content (AvgIpc) is 3.51. The molecule has 9 nitrogen and oxygen atoms in total. The second-order valence-corrected chi connectivity index (χ2v) is 9.30. The van der Waals surface area contributed by atoms with E-state index in [4.69, 9.17) is 0 Å². The summed E-state index contributed by atoms with van der Waals surface area (Å²) in [6.45, 7) is 3.66. The molecule has 0 saturated heterocycles. The minimum Gasteiger partial charge on any atom is -0.508 e. The van der Waals surface area contributed by atoms with Gasteiger partial charge in [-0.05, 0) is 47.5 Å². The minimum absolute atomic E-state index is 0.0881. The van der Waals surface area contributed by atoms with Crippen LogP contribution >= 0.6 is 0 Å². The zero-order valence-electron chi connectivity index (χ0n) is 20.5. The molecule has 4 N–H and O–H groups in total. The zero-order chi connectivity index (χ0) is 26.4. The maximum Gasteiger partial charge on any atom is 0.226 e. The fraction of sp³-hybridized carbons (Fsp3) is 0.107. The van der Waals surface area contributed by atoms with Crippen molar-refractivity contribution in [1.29, 1.82) is 0 Å². The number of pyridine rings is 3. The largest absolute Gasteiger partial charge is 0.508 e. The molecule has 10 heteroatoms. The third-order valence-electron chi connectivity index (χ3n) is 6.27. The molecule has 1 aromatic carbocycles. The van der Waals surface area contributed by atoms with Gasteiger partial charge in [-0.25, -0.2) is 14.4 Å². The number of hydrogen-bond acceptors (Lipinski definition) is 6. The summed E-state index contributed by atoms with van der Waals surface area (Å²) in [6.07, 6.45) is 6.65. The fourth-order valence-corrected chi connectivity index (χ4v) is 4.36. The van der Waals surface area contributed by atoms with Crippen LogP contribution in [0.25, 0.3) is 55.7 Å². The van der Waals surface area contributed by atoms with Crippen LogP contribution in [0, 0.1) is 11.7 Å². The Balaban J connectivity index is 1.42. The maximum absolute atomic E-state index is 14.0. The van der Waals surface area contributed by atoms with E-state index < -0.39 is 5.82 Å². The molecule has 0 bridgehead atoms. The van der Waals surface area contributed by atoms with Crippen LogP contribution in [0.2, 0.25) is 0 Å².